The summed E-state index contributed by atoms with van der Waals surface area (Å²) >= 11 is 1.43. The Kier molecular flexibility index (Phi) is 12.4. The summed E-state index contributed by atoms with van der Waals surface area (Å²) in [7, 11) is -3.76. The summed E-state index contributed by atoms with van der Waals surface area (Å²) in [5.74, 6) is -0.416. The predicted molar refractivity (Wildman–Crippen MR) is 164 cm³/mol. The summed E-state index contributed by atoms with van der Waals surface area (Å²) in [6.07, 6.45) is 1.76. The van der Waals surface area contributed by atoms with Crippen molar-refractivity contribution in [1.82, 2.24) is 9.62 Å². The molecule has 3 aromatic rings. The maximum absolute atomic E-state index is 13.5. The summed E-state index contributed by atoms with van der Waals surface area (Å²) in [6, 6.07) is 25.1. The van der Waals surface area contributed by atoms with Gasteiger partial charge in [-0.1, -0.05) is 60.7 Å². The zero-order valence-electron chi connectivity index (χ0n) is 23.3. The van der Waals surface area contributed by atoms with Crippen molar-refractivity contribution in [2.75, 3.05) is 19.7 Å². The maximum atomic E-state index is 13.5. The van der Waals surface area contributed by atoms with Gasteiger partial charge in [0.25, 0.3) is 0 Å². The molecule has 0 bridgehead atoms. The summed E-state index contributed by atoms with van der Waals surface area (Å²) < 4.78 is 29.4. The monoisotopic (exact) mass is 627 g/mol. The number of rotatable bonds is 15. The van der Waals surface area contributed by atoms with Gasteiger partial charge < -0.3 is 5.73 Å². The molecule has 9 heteroatoms. The van der Waals surface area contributed by atoms with Crippen LogP contribution in [-0.2, 0) is 14.8 Å². The molecule has 1 amide bonds. The summed E-state index contributed by atoms with van der Waals surface area (Å²) in [4.78, 5) is 13.3. The molecule has 0 saturated heterocycles. The van der Waals surface area contributed by atoms with E-state index in [1.165, 1.54) is 21.2 Å². The molecule has 0 aromatic heterocycles. The Bertz CT molecular complexity index is 1250. The first-order valence-corrected chi connectivity index (χ1v) is 16.4. The molecule has 3 aromatic carbocycles. The van der Waals surface area contributed by atoms with E-state index in [0.29, 0.717) is 32.4 Å². The van der Waals surface area contributed by atoms with Crippen LogP contribution >= 0.6 is 0 Å². The van der Waals surface area contributed by atoms with Crippen LogP contribution in [0.4, 0.5) is 0 Å². The molecule has 7 nitrogen and oxygen atoms in total. The van der Waals surface area contributed by atoms with Crippen molar-refractivity contribution in [2.45, 2.75) is 56.0 Å². The van der Waals surface area contributed by atoms with Crippen LogP contribution in [0.5, 0.6) is 0 Å². The van der Waals surface area contributed by atoms with Crippen molar-refractivity contribution in [3.05, 3.63) is 96.1 Å². The third-order valence-electron chi connectivity index (χ3n) is 6.89. The van der Waals surface area contributed by atoms with Crippen molar-refractivity contribution in [2.24, 2.45) is 11.7 Å². The Balaban J connectivity index is 1.60. The number of aliphatic hydroxyl groups is 1. The number of benzene rings is 3. The van der Waals surface area contributed by atoms with Gasteiger partial charge >= 0.3 is 148 Å². The van der Waals surface area contributed by atoms with Crippen LogP contribution in [-0.4, -0.2) is 72.4 Å². The van der Waals surface area contributed by atoms with E-state index in [1.54, 1.807) is 12.1 Å². The third kappa shape index (κ3) is 8.76. The predicted octanol–water partition coefficient (Wildman–Crippen LogP) is 2.40. The van der Waals surface area contributed by atoms with Crippen LogP contribution in [0.1, 0.15) is 50.2 Å². The molecule has 0 fully saturated rings. The Morgan fingerprint density at radius 2 is 1.48 bits per heavy atom. The number of hydrogen-bond donors (Lipinski definition) is 3. The number of nitrogens with zero attached hydrogens (tertiary/aromatic N) is 1. The van der Waals surface area contributed by atoms with E-state index >= 15 is 0 Å². The van der Waals surface area contributed by atoms with Crippen molar-refractivity contribution >= 4 is 37.1 Å². The number of nitrogens with two attached hydrogens (primary N) is 1. The molecule has 4 N–H and O–H groups in total. The van der Waals surface area contributed by atoms with Gasteiger partial charge in [-0.25, -0.2) is 0 Å². The van der Waals surface area contributed by atoms with E-state index in [2.05, 4.69) is 5.32 Å². The van der Waals surface area contributed by atoms with E-state index in [1.807, 2.05) is 86.6 Å². The standard InChI is InChI=1S/C31H42AsN3O4S/c1-23(2)21-35(40(38,39)28-18-16-26(32)17-19-28)27(22-36)15-9-10-20-34-31(37)30(33)29(24-11-5-3-6-12-24)25-13-7-4-8-14-25/h3-8,11-14,16-19,23,27,29-30,36H,9-10,15,20-22,32-33H2,1-2H3,(H,34,37)/t27-,30-/m0/s1. The molecule has 0 aliphatic heterocycles. The van der Waals surface area contributed by atoms with Crippen LogP contribution in [0.3, 0.4) is 0 Å². The Morgan fingerprint density at radius 3 is 1.98 bits per heavy atom. The number of hydrogen-bond acceptors (Lipinski definition) is 5. The molecule has 216 valence electrons. The summed E-state index contributed by atoms with van der Waals surface area (Å²) in [6.45, 7) is 4.39. The summed E-state index contributed by atoms with van der Waals surface area (Å²) in [5.41, 5.74) is 8.44. The fourth-order valence-corrected chi connectivity index (χ4v) is 7.03. The van der Waals surface area contributed by atoms with E-state index < -0.39 is 22.1 Å². The van der Waals surface area contributed by atoms with E-state index in [4.69, 9.17) is 5.73 Å². The van der Waals surface area contributed by atoms with Crippen molar-refractivity contribution in [3.63, 3.8) is 0 Å². The second-order valence-electron chi connectivity index (χ2n) is 10.5. The van der Waals surface area contributed by atoms with Crippen molar-refractivity contribution < 1.29 is 18.3 Å². The zero-order valence-corrected chi connectivity index (χ0v) is 26.6. The van der Waals surface area contributed by atoms with Crippen molar-refractivity contribution in [1.29, 1.82) is 0 Å². The molecule has 0 aliphatic rings. The number of sulfonamides is 1. The molecule has 0 aliphatic carbocycles. The molecule has 0 heterocycles. The van der Waals surface area contributed by atoms with Gasteiger partial charge in [-0.2, -0.15) is 0 Å². The van der Waals surface area contributed by atoms with Gasteiger partial charge in [-0.05, 0) is 11.1 Å². The van der Waals surface area contributed by atoms with Crippen LogP contribution in [0.2, 0.25) is 0 Å². The van der Waals surface area contributed by atoms with E-state index in [0.717, 1.165) is 15.5 Å². The fourth-order valence-electron chi connectivity index (χ4n) is 4.82. The third-order valence-corrected chi connectivity index (χ3v) is 9.63. The van der Waals surface area contributed by atoms with Crippen LogP contribution in [0.25, 0.3) is 0 Å². The quantitative estimate of drug-likeness (QED) is 0.177. The second kappa shape index (κ2) is 15.5. The second-order valence-corrected chi connectivity index (χ2v) is 13.8. The van der Waals surface area contributed by atoms with Gasteiger partial charge in [0, 0.05) is 5.92 Å². The molecular weight excluding hydrogens is 585 g/mol. The number of aliphatic hydroxyl groups excluding tert-OH is 1. The SMILES string of the molecule is CC(C)CN([C@H](CO)CCCCNC(=O)[C@@H](N)C(c1ccccc1)c1ccccc1)S(=O)(=O)c1ccc([AsH2])cc1. The minimum atomic E-state index is -3.76. The zero-order chi connectivity index (χ0) is 29.1. The van der Waals surface area contributed by atoms with Gasteiger partial charge in [0.2, 0.25) is 5.91 Å². The first kappa shape index (κ1) is 32.0. The van der Waals surface area contributed by atoms with Gasteiger partial charge in [0.1, 0.15) is 0 Å². The Morgan fingerprint density at radius 1 is 0.925 bits per heavy atom. The Labute approximate surface area is 247 Å². The normalized spacial score (nSPS) is 13.5. The van der Waals surface area contributed by atoms with Crippen molar-refractivity contribution in [3.8, 4) is 0 Å². The Hall–Kier alpha value is -2.48. The first-order valence-electron chi connectivity index (χ1n) is 13.8. The minimum absolute atomic E-state index is 0.0977. The number of unbranched alkanes of at least 4 members (excludes halogenated alkanes) is 1. The molecular formula is C31H42AsN3O4S. The van der Waals surface area contributed by atoms with Crippen LogP contribution in [0.15, 0.2) is 89.8 Å². The average Bonchev–Trinajstić information content (AvgIpc) is 2.95. The van der Waals surface area contributed by atoms with Gasteiger partial charge in [0.15, 0.2) is 0 Å². The van der Waals surface area contributed by atoms with Gasteiger partial charge in [0.05, 0.1) is 6.04 Å². The fraction of sp³-hybridized carbons (Fsp3) is 0.387. The molecule has 3 rings (SSSR count). The van der Waals surface area contributed by atoms with Gasteiger partial charge in [-0.15, -0.1) is 0 Å². The molecule has 0 saturated carbocycles. The number of carbonyl (C=O) groups is 1. The first-order chi connectivity index (χ1) is 19.1. The molecule has 1 unspecified atom stereocenters. The number of nitrogens with one attached hydrogen (secondary N) is 1. The number of amides is 1. The van der Waals surface area contributed by atoms with E-state index in [-0.39, 0.29) is 29.2 Å². The average molecular weight is 628 g/mol. The topological polar surface area (TPSA) is 113 Å². The molecule has 40 heavy (non-hydrogen) atoms. The molecule has 0 spiro atoms. The van der Waals surface area contributed by atoms with Crippen LogP contribution in [0, 0.1) is 5.92 Å². The van der Waals surface area contributed by atoms with Gasteiger partial charge in [-0.3, -0.25) is 4.79 Å². The number of carbonyl (C=O) groups excluding carboxylic acids is 1. The molecule has 3 atom stereocenters. The van der Waals surface area contributed by atoms with E-state index in [9.17, 15) is 18.3 Å². The van der Waals surface area contributed by atoms with Crippen LogP contribution < -0.4 is 15.4 Å². The molecule has 0 radical (unpaired) electrons. The summed E-state index contributed by atoms with van der Waals surface area (Å²) in [5, 5.41) is 13.1.